The minimum atomic E-state index is -1.18. The lowest BCUT2D eigenvalue weighted by Gasteiger charge is -2.07. The molecule has 0 radical (unpaired) electrons. The third-order valence-corrected chi connectivity index (χ3v) is 2.65. The highest BCUT2D eigenvalue weighted by molar-refractivity contribution is 5.90. The number of benzene rings is 1. The van der Waals surface area contributed by atoms with Crippen LogP contribution in [0.15, 0.2) is 36.7 Å². The van der Waals surface area contributed by atoms with Crippen molar-refractivity contribution in [3.05, 3.63) is 48.0 Å². The zero-order valence-corrected chi connectivity index (χ0v) is 10.6. The van der Waals surface area contributed by atoms with E-state index in [2.05, 4.69) is 16.1 Å². The van der Waals surface area contributed by atoms with Gasteiger partial charge in [-0.1, -0.05) is 23.9 Å². The van der Waals surface area contributed by atoms with Crippen molar-refractivity contribution in [3.63, 3.8) is 0 Å². The van der Waals surface area contributed by atoms with E-state index in [1.807, 2.05) is 26.5 Å². The maximum atomic E-state index is 10.7. The average molecular weight is 248 g/mol. The van der Waals surface area contributed by atoms with Crippen molar-refractivity contribution in [3.8, 4) is 5.75 Å². The van der Waals surface area contributed by atoms with Gasteiger partial charge in [-0.3, -0.25) is 0 Å². The number of hydrogen-bond acceptors (Lipinski definition) is 2. The molecule has 0 amide bonds. The summed E-state index contributed by atoms with van der Waals surface area (Å²) in [7, 11) is 4.07. The number of aromatic carboxylic acids is 1. The van der Waals surface area contributed by atoms with Gasteiger partial charge < -0.3 is 10.2 Å². The molecule has 96 valence electrons. The van der Waals surface area contributed by atoms with Gasteiger partial charge >= 0.3 is 5.97 Å². The first kappa shape index (κ1) is 13.8. The maximum Gasteiger partial charge on any atom is 0.335 e. The molecule has 0 aliphatic carbocycles. The summed E-state index contributed by atoms with van der Waals surface area (Å²) in [5, 5.41) is 19.0. The molecule has 2 rings (SSSR count). The topological polar surface area (TPSA) is 69.2 Å². The van der Waals surface area contributed by atoms with Crippen molar-refractivity contribution in [1.82, 2.24) is 4.57 Å². The van der Waals surface area contributed by atoms with Gasteiger partial charge in [0.05, 0.1) is 19.7 Å². The minimum absolute atomic E-state index is 0.178. The Morgan fingerprint density at radius 1 is 1.39 bits per heavy atom. The summed E-state index contributed by atoms with van der Waals surface area (Å²) in [4.78, 5) is 10.2. The zero-order chi connectivity index (χ0) is 13.7. The summed E-state index contributed by atoms with van der Waals surface area (Å²) in [6.07, 6.45) is 4.07. The first-order valence-electron chi connectivity index (χ1n) is 5.40. The quantitative estimate of drug-likeness (QED) is 0.752. The van der Waals surface area contributed by atoms with Gasteiger partial charge in [0.1, 0.15) is 12.4 Å². The molecule has 0 saturated carbocycles. The Hall–Kier alpha value is -2.30. The Balaban J connectivity index is 0.000000184. The van der Waals surface area contributed by atoms with Crippen LogP contribution < -0.4 is 9.67 Å². The molecule has 0 aliphatic rings. The smallest absolute Gasteiger partial charge is 0.335 e. The molecule has 0 fully saturated rings. The summed E-state index contributed by atoms with van der Waals surface area (Å²) in [5.74, 6) is -0.356. The molecule has 1 aromatic heterocycles. The number of nitrogens with zero attached hydrogens (tertiary/aromatic N) is 2. The van der Waals surface area contributed by atoms with E-state index in [-0.39, 0.29) is 5.56 Å². The summed E-state index contributed by atoms with van der Waals surface area (Å²) >= 11 is 0. The molecule has 5 nitrogen and oxygen atoms in total. The van der Waals surface area contributed by atoms with Crippen LogP contribution in [0.1, 0.15) is 16.2 Å². The molecule has 0 unspecified atom stereocenters. The molecule has 1 aromatic carbocycles. The maximum absolute atomic E-state index is 10.7. The van der Waals surface area contributed by atoms with Crippen LogP contribution >= 0.6 is 0 Å². The molecule has 1 N–H and O–H groups in total. The lowest BCUT2D eigenvalue weighted by Crippen LogP contribution is -2.29. The number of carboxylic acid groups (broad SMARTS) is 1. The van der Waals surface area contributed by atoms with Crippen molar-refractivity contribution >= 4 is 5.97 Å². The minimum Gasteiger partial charge on any atom is -0.872 e. The molecule has 5 heteroatoms. The molecular formula is C13H16N2O3. The first-order valence-corrected chi connectivity index (χ1v) is 5.40. The Morgan fingerprint density at radius 2 is 2.00 bits per heavy atom. The summed E-state index contributed by atoms with van der Waals surface area (Å²) < 4.78 is 4.17. The van der Waals surface area contributed by atoms with Crippen LogP contribution in [0.2, 0.25) is 0 Å². The van der Waals surface area contributed by atoms with Crippen molar-refractivity contribution in [2.24, 2.45) is 14.1 Å². The van der Waals surface area contributed by atoms with Gasteiger partial charge in [0.25, 0.3) is 5.82 Å². The normalized spacial score (nSPS) is 9.50. The van der Waals surface area contributed by atoms with E-state index < -0.39 is 11.7 Å². The van der Waals surface area contributed by atoms with E-state index >= 15 is 0 Å². The average Bonchev–Trinajstić information content (AvgIpc) is 2.62. The standard InChI is InChI=1S/C7H6O3.C6H11N2/c8-6-4-2-1-3-5(6)7(9)10;1-6-7(2)4-5-8(6)3/h1-4,8H,(H,9,10);4-5H,1-3H3/q;+1/p-1. The molecule has 1 heterocycles. The Morgan fingerprint density at radius 3 is 2.28 bits per heavy atom. The third kappa shape index (κ3) is 3.35. The van der Waals surface area contributed by atoms with Crippen molar-refractivity contribution in [2.45, 2.75) is 6.92 Å². The molecule has 0 atom stereocenters. The summed E-state index contributed by atoms with van der Waals surface area (Å²) in [5.41, 5.74) is -0.178. The Labute approximate surface area is 106 Å². The van der Waals surface area contributed by atoms with Gasteiger partial charge in [0.2, 0.25) is 0 Å². The first-order chi connectivity index (χ1) is 8.43. The summed E-state index contributed by atoms with van der Waals surface area (Å²) in [6, 6.07) is 5.54. The van der Waals surface area contributed by atoms with E-state index in [9.17, 15) is 9.90 Å². The van der Waals surface area contributed by atoms with Gasteiger partial charge in [-0.05, 0) is 6.07 Å². The Bertz CT molecular complexity index is 527. The molecule has 0 aliphatic heterocycles. The van der Waals surface area contributed by atoms with E-state index in [1.54, 1.807) is 0 Å². The molecule has 0 spiro atoms. The fraction of sp³-hybridized carbons (Fsp3) is 0.231. The number of imidazole rings is 1. The fourth-order valence-corrected chi connectivity index (χ4v) is 1.31. The second-order valence-corrected chi connectivity index (χ2v) is 3.87. The van der Waals surface area contributed by atoms with E-state index in [1.165, 1.54) is 30.1 Å². The summed E-state index contributed by atoms with van der Waals surface area (Å²) in [6.45, 7) is 2.08. The number of carboxylic acids is 1. The molecule has 0 saturated heterocycles. The van der Waals surface area contributed by atoms with Crippen LogP contribution in [0.5, 0.6) is 5.75 Å². The van der Waals surface area contributed by atoms with Gasteiger partial charge in [0, 0.05) is 6.92 Å². The number of rotatable bonds is 1. The second-order valence-electron chi connectivity index (χ2n) is 3.87. The van der Waals surface area contributed by atoms with Crippen LogP contribution in [-0.4, -0.2) is 15.6 Å². The predicted octanol–water partition coefficient (Wildman–Crippen LogP) is 0.616. The van der Waals surface area contributed by atoms with E-state index in [0.29, 0.717) is 0 Å². The van der Waals surface area contributed by atoms with Crippen LogP contribution in [-0.2, 0) is 14.1 Å². The lowest BCUT2D eigenvalue weighted by atomic mass is 10.2. The zero-order valence-electron chi connectivity index (χ0n) is 10.6. The van der Waals surface area contributed by atoms with Crippen LogP contribution in [0.4, 0.5) is 0 Å². The second kappa shape index (κ2) is 5.86. The van der Waals surface area contributed by atoms with Gasteiger partial charge in [-0.15, -0.1) is 0 Å². The van der Waals surface area contributed by atoms with Gasteiger partial charge in [0.15, 0.2) is 0 Å². The SMILES string of the molecule is Cc1n(C)cc[n+]1C.O=C(O)c1ccccc1[O-]. The van der Waals surface area contributed by atoms with Crippen LogP contribution in [0.25, 0.3) is 0 Å². The number of carbonyl (C=O) groups is 1. The monoisotopic (exact) mass is 248 g/mol. The lowest BCUT2D eigenvalue weighted by molar-refractivity contribution is -0.677. The van der Waals surface area contributed by atoms with Crippen molar-refractivity contribution < 1.29 is 19.6 Å². The van der Waals surface area contributed by atoms with Crippen LogP contribution in [0, 0.1) is 6.92 Å². The van der Waals surface area contributed by atoms with E-state index in [0.717, 1.165) is 0 Å². The predicted molar refractivity (Wildman–Crippen MR) is 64.2 cm³/mol. The number of aryl methyl sites for hydroxylation is 2. The van der Waals surface area contributed by atoms with Gasteiger partial charge in [-0.2, -0.15) is 0 Å². The molecule has 18 heavy (non-hydrogen) atoms. The fourth-order valence-electron chi connectivity index (χ4n) is 1.31. The highest BCUT2D eigenvalue weighted by Crippen LogP contribution is 2.10. The third-order valence-electron chi connectivity index (χ3n) is 2.65. The number of para-hydroxylation sites is 1. The van der Waals surface area contributed by atoms with Crippen LogP contribution in [0.3, 0.4) is 0 Å². The highest BCUT2D eigenvalue weighted by atomic mass is 16.4. The van der Waals surface area contributed by atoms with E-state index in [4.69, 9.17) is 5.11 Å². The highest BCUT2D eigenvalue weighted by Gasteiger charge is 2.01. The largest absolute Gasteiger partial charge is 0.872 e. The molecule has 0 bridgehead atoms. The molecular weight excluding hydrogens is 232 g/mol. The van der Waals surface area contributed by atoms with Gasteiger partial charge in [-0.25, -0.2) is 13.9 Å². The Kier molecular flexibility index (Phi) is 4.48. The number of aromatic nitrogens is 2. The molecule has 2 aromatic rings. The number of hydrogen-bond donors (Lipinski definition) is 1. The van der Waals surface area contributed by atoms with Crippen molar-refractivity contribution in [1.29, 1.82) is 0 Å². The van der Waals surface area contributed by atoms with Crippen molar-refractivity contribution in [2.75, 3.05) is 0 Å².